The minimum absolute atomic E-state index is 0.182. The number of sulfonamides is 1. The van der Waals surface area contributed by atoms with Crippen LogP contribution in [0.1, 0.15) is 40.9 Å². The van der Waals surface area contributed by atoms with Crippen molar-refractivity contribution < 1.29 is 17.6 Å². The van der Waals surface area contributed by atoms with Gasteiger partial charge in [-0.3, -0.25) is 9.48 Å². The van der Waals surface area contributed by atoms with E-state index in [0.717, 1.165) is 19.3 Å². The number of benzene rings is 1. The minimum Gasteiger partial charge on any atom is -0.463 e. The minimum atomic E-state index is -3.55. The van der Waals surface area contributed by atoms with Crippen LogP contribution in [0.4, 0.5) is 0 Å². The summed E-state index contributed by atoms with van der Waals surface area (Å²) in [4.78, 5) is 18.2. The van der Waals surface area contributed by atoms with Crippen LogP contribution in [0.2, 0.25) is 0 Å². The maximum atomic E-state index is 13.3. The van der Waals surface area contributed by atoms with Crippen molar-refractivity contribution in [3.63, 3.8) is 0 Å². The van der Waals surface area contributed by atoms with Gasteiger partial charge < -0.3 is 9.73 Å². The Balaban J connectivity index is 1.41. The van der Waals surface area contributed by atoms with Crippen LogP contribution in [0.15, 0.2) is 58.0 Å². The molecule has 9 nitrogen and oxygen atoms in total. The second kappa shape index (κ2) is 9.27. The van der Waals surface area contributed by atoms with E-state index in [2.05, 4.69) is 15.4 Å². The second-order valence-corrected chi connectivity index (χ2v) is 10.7. The topological polar surface area (TPSA) is 110 Å². The van der Waals surface area contributed by atoms with Crippen LogP contribution in [0.5, 0.6) is 0 Å². The molecule has 35 heavy (non-hydrogen) atoms. The van der Waals surface area contributed by atoms with E-state index in [4.69, 9.17) is 4.42 Å². The Morgan fingerprint density at radius 3 is 2.66 bits per heavy atom. The lowest BCUT2D eigenvalue weighted by atomic mass is 10.1. The molecule has 5 rings (SSSR count). The van der Waals surface area contributed by atoms with Gasteiger partial charge in [0.25, 0.3) is 5.91 Å². The molecule has 1 N–H and O–H groups in total. The molecular formula is C25H27N5O4S. The van der Waals surface area contributed by atoms with Gasteiger partial charge >= 0.3 is 0 Å². The summed E-state index contributed by atoms with van der Waals surface area (Å²) in [5, 5.41) is 8.03. The average molecular weight is 494 g/mol. The molecule has 0 radical (unpaired) electrons. The van der Waals surface area contributed by atoms with Gasteiger partial charge in [-0.2, -0.15) is 9.40 Å². The highest BCUT2D eigenvalue weighted by atomic mass is 32.2. The number of nitrogens with zero attached hydrogens (tertiary/aromatic N) is 4. The number of furan rings is 1. The zero-order valence-electron chi connectivity index (χ0n) is 19.7. The number of pyridine rings is 1. The molecule has 3 aromatic heterocycles. The normalized spacial score (nSPS) is 14.9. The molecule has 0 bridgehead atoms. The van der Waals surface area contributed by atoms with Crippen LogP contribution >= 0.6 is 0 Å². The van der Waals surface area contributed by atoms with E-state index >= 15 is 0 Å². The van der Waals surface area contributed by atoms with Crippen molar-refractivity contribution >= 4 is 27.0 Å². The van der Waals surface area contributed by atoms with Gasteiger partial charge in [0.2, 0.25) is 10.0 Å². The molecule has 0 atom stereocenters. The van der Waals surface area contributed by atoms with Crippen molar-refractivity contribution in [3.05, 3.63) is 65.5 Å². The molecule has 1 amide bonds. The van der Waals surface area contributed by atoms with E-state index in [1.165, 1.54) is 0 Å². The van der Waals surface area contributed by atoms with Crippen LogP contribution in [-0.4, -0.2) is 46.5 Å². The second-order valence-electron chi connectivity index (χ2n) is 8.73. The third-order valence-electron chi connectivity index (χ3n) is 6.29. The maximum absolute atomic E-state index is 13.3. The molecule has 10 heteroatoms. The first kappa shape index (κ1) is 23.3. The lowest BCUT2D eigenvalue weighted by Crippen LogP contribution is -2.35. The van der Waals surface area contributed by atoms with E-state index in [1.807, 2.05) is 6.92 Å². The number of hydrogen-bond donors (Lipinski definition) is 1. The number of amides is 1. The highest BCUT2D eigenvalue weighted by Gasteiger charge is 2.26. The average Bonchev–Trinajstić information content (AvgIpc) is 3.51. The van der Waals surface area contributed by atoms with Gasteiger partial charge in [0, 0.05) is 26.7 Å². The first-order chi connectivity index (χ1) is 16.8. The van der Waals surface area contributed by atoms with Gasteiger partial charge in [-0.15, -0.1) is 0 Å². The lowest BCUT2D eigenvalue weighted by molar-refractivity contribution is 0.0952. The van der Waals surface area contributed by atoms with E-state index in [0.29, 0.717) is 52.4 Å². The number of carbonyl (C=O) groups excluding carboxylic acids is 1. The van der Waals surface area contributed by atoms with Gasteiger partial charge in [0.05, 0.1) is 27.8 Å². The monoisotopic (exact) mass is 493 g/mol. The van der Waals surface area contributed by atoms with E-state index in [9.17, 15) is 13.2 Å². The third-order valence-corrected chi connectivity index (χ3v) is 8.19. The maximum Gasteiger partial charge on any atom is 0.252 e. The van der Waals surface area contributed by atoms with Crippen molar-refractivity contribution in [3.8, 4) is 11.5 Å². The smallest absolute Gasteiger partial charge is 0.252 e. The number of carbonyl (C=O) groups is 1. The van der Waals surface area contributed by atoms with Gasteiger partial charge in [-0.25, -0.2) is 13.4 Å². The summed E-state index contributed by atoms with van der Waals surface area (Å²) in [6, 6.07) is 12.0. The number of fused-ring (bicyclic) bond motifs is 1. The predicted molar refractivity (Wildman–Crippen MR) is 131 cm³/mol. The van der Waals surface area contributed by atoms with Gasteiger partial charge in [0.1, 0.15) is 5.69 Å². The molecule has 1 aromatic carbocycles. The number of rotatable bonds is 6. The molecular weight excluding hydrogens is 466 g/mol. The fourth-order valence-corrected chi connectivity index (χ4v) is 6.11. The van der Waals surface area contributed by atoms with E-state index in [1.54, 1.807) is 64.8 Å². The number of piperidine rings is 1. The fourth-order valence-electron chi connectivity index (χ4n) is 4.52. The number of nitrogens with one attached hydrogen (secondary N) is 1. The van der Waals surface area contributed by atoms with E-state index < -0.39 is 10.0 Å². The summed E-state index contributed by atoms with van der Waals surface area (Å²) in [6.07, 6.45) is 4.37. The molecule has 0 saturated carbocycles. The molecule has 4 aromatic rings. The van der Waals surface area contributed by atoms with Crippen LogP contribution in [0, 0.1) is 6.92 Å². The Morgan fingerprint density at radius 1 is 1.11 bits per heavy atom. The van der Waals surface area contributed by atoms with Gasteiger partial charge in [-0.1, -0.05) is 18.6 Å². The van der Waals surface area contributed by atoms with Crippen LogP contribution in [0.25, 0.3) is 22.5 Å². The molecule has 182 valence electrons. The number of aromatic nitrogens is 3. The molecule has 1 aliphatic heterocycles. The predicted octanol–water partition coefficient (Wildman–Crippen LogP) is 3.64. The molecule has 4 heterocycles. The Kier molecular flexibility index (Phi) is 6.16. The first-order valence-electron chi connectivity index (χ1n) is 11.6. The molecule has 1 saturated heterocycles. The van der Waals surface area contributed by atoms with Crippen molar-refractivity contribution in [2.45, 2.75) is 37.6 Å². The molecule has 1 aliphatic rings. The quantitative estimate of drug-likeness (QED) is 0.439. The van der Waals surface area contributed by atoms with E-state index in [-0.39, 0.29) is 17.3 Å². The molecule has 0 unspecified atom stereocenters. The summed E-state index contributed by atoms with van der Waals surface area (Å²) in [6.45, 7) is 3.11. The van der Waals surface area contributed by atoms with Crippen molar-refractivity contribution in [2.75, 3.05) is 13.1 Å². The molecule has 1 fully saturated rings. The third kappa shape index (κ3) is 4.46. The zero-order valence-corrected chi connectivity index (χ0v) is 20.5. The molecule has 0 spiro atoms. The number of hydrogen-bond acceptors (Lipinski definition) is 6. The summed E-state index contributed by atoms with van der Waals surface area (Å²) < 4.78 is 34.8. The Hall–Kier alpha value is -3.50. The lowest BCUT2D eigenvalue weighted by Gasteiger charge is -2.26. The Morgan fingerprint density at radius 2 is 1.91 bits per heavy atom. The largest absolute Gasteiger partial charge is 0.463 e. The SMILES string of the molecule is Cc1nn(C)c2nc(-c3ccco3)cc(C(=O)NCc3cccc(S(=O)(=O)N4CCCCC4)c3)c12. The first-order valence-corrected chi connectivity index (χ1v) is 13.0. The summed E-state index contributed by atoms with van der Waals surface area (Å²) >= 11 is 0. The van der Waals surface area contributed by atoms with Gasteiger partial charge in [0.15, 0.2) is 11.4 Å². The van der Waals surface area contributed by atoms with Crippen molar-refractivity contribution in [1.82, 2.24) is 24.4 Å². The highest BCUT2D eigenvalue weighted by Crippen LogP contribution is 2.27. The Bertz CT molecular complexity index is 1490. The van der Waals surface area contributed by atoms with Crippen molar-refractivity contribution in [2.24, 2.45) is 7.05 Å². The van der Waals surface area contributed by atoms with Crippen LogP contribution in [0.3, 0.4) is 0 Å². The summed E-state index contributed by atoms with van der Waals surface area (Å²) in [5.41, 5.74) is 2.95. The van der Waals surface area contributed by atoms with Crippen molar-refractivity contribution in [1.29, 1.82) is 0 Å². The molecule has 0 aliphatic carbocycles. The van der Waals surface area contributed by atoms with Crippen LogP contribution < -0.4 is 5.32 Å². The standard InChI is InChI=1S/C25H27N5O4S/c1-17-23-20(15-21(22-10-7-13-34-22)27-24(23)29(2)28-17)25(31)26-16-18-8-6-9-19(14-18)35(32,33)30-11-4-3-5-12-30/h6-10,13-15H,3-5,11-12,16H2,1-2H3,(H,26,31). The Labute approximate surface area is 203 Å². The van der Waals surface area contributed by atoms with Crippen LogP contribution in [-0.2, 0) is 23.6 Å². The number of aryl methyl sites for hydroxylation is 2. The highest BCUT2D eigenvalue weighted by molar-refractivity contribution is 7.89. The fraction of sp³-hybridized carbons (Fsp3) is 0.320. The summed E-state index contributed by atoms with van der Waals surface area (Å²) in [5.74, 6) is 0.251. The zero-order chi connectivity index (χ0) is 24.6. The summed E-state index contributed by atoms with van der Waals surface area (Å²) in [7, 11) is -1.76. The van der Waals surface area contributed by atoms with Gasteiger partial charge in [-0.05, 0) is 55.7 Å².